The first-order chi connectivity index (χ1) is 8.56. The highest BCUT2D eigenvalue weighted by molar-refractivity contribution is 5.19. The molecule has 1 N–H and O–H groups in total. The molecule has 0 spiro atoms. The Labute approximate surface area is 106 Å². The van der Waals surface area contributed by atoms with Crippen molar-refractivity contribution in [2.45, 2.75) is 39.8 Å². The first-order valence-corrected chi connectivity index (χ1v) is 6.08. The summed E-state index contributed by atoms with van der Waals surface area (Å²) in [4.78, 5) is 4.14. The Morgan fingerprint density at radius 3 is 2.78 bits per heavy atom. The molecule has 0 saturated carbocycles. The van der Waals surface area contributed by atoms with Crippen LogP contribution in [0.1, 0.15) is 42.7 Å². The maximum atomic E-state index is 4.92. The Balaban J connectivity index is 1.94. The van der Waals surface area contributed by atoms with E-state index in [4.69, 9.17) is 4.52 Å². The fourth-order valence-corrected chi connectivity index (χ4v) is 1.90. The maximum Gasteiger partial charge on any atom is 0.223 e. The van der Waals surface area contributed by atoms with Gasteiger partial charge in [0.25, 0.3) is 0 Å². The standard InChI is InChI=1S/C12H19N5O/c1-8(2)12-10(7-17(4)15-12)5-13-6-11-14-9(3)18-16-11/h7-8,13H,5-6H2,1-4H3. The van der Waals surface area contributed by atoms with Gasteiger partial charge < -0.3 is 9.84 Å². The zero-order chi connectivity index (χ0) is 13.1. The van der Waals surface area contributed by atoms with Gasteiger partial charge in [-0.05, 0) is 5.92 Å². The van der Waals surface area contributed by atoms with E-state index in [1.54, 1.807) is 6.92 Å². The number of aryl methyl sites for hydroxylation is 2. The summed E-state index contributed by atoms with van der Waals surface area (Å²) < 4.78 is 6.77. The van der Waals surface area contributed by atoms with E-state index in [2.05, 4.69) is 34.4 Å². The van der Waals surface area contributed by atoms with E-state index in [0.717, 1.165) is 12.2 Å². The minimum atomic E-state index is 0.426. The molecule has 0 aliphatic rings. The molecule has 6 nitrogen and oxygen atoms in total. The molecule has 2 aromatic rings. The lowest BCUT2D eigenvalue weighted by molar-refractivity contribution is 0.385. The van der Waals surface area contributed by atoms with Gasteiger partial charge in [-0.2, -0.15) is 10.1 Å². The summed E-state index contributed by atoms with van der Waals surface area (Å²) >= 11 is 0. The lowest BCUT2D eigenvalue weighted by Crippen LogP contribution is -2.14. The molecule has 0 aliphatic heterocycles. The molecule has 0 atom stereocenters. The monoisotopic (exact) mass is 249 g/mol. The van der Waals surface area contributed by atoms with Crippen molar-refractivity contribution in [2.24, 2.45) is 7.05 Å². The molecular formula is C12H19N5O. The van der Waals surface area contributed by atoms with Gasteiger partial charge in [-0.15, -0.1) is 0 Å². The van der Waals surface area contributed by atoms with Gasteiger partial charge >= 0.3 is 0 Å². The third-order valence-corrected chi connectivity index (χ3v) is 2.65. The number of nitrogens with zero attached hydrogens (tertiary/aromatic N) is 4. The van der Waals surface area contributed by atoms with Crippen molar-refractivity contribution in [1.82, 2.24) is 25.2 Å². The third kappa shape index (κ3) is 2.95. The van der Waals surface area contributed by atoms with Crippen LogP contribution in [0, 0.1) is 6.92 Å². The SMILES string of the molecule is Cc1nc(CNCc2cn(C)nc2C(C)C)no1. The molecule has 2 aromatic heterocycles. The van der Waals surface area contributed by atoms with Crippen LogP contribution in [0.4, 0.5) is 0 Å². The molecule has 0 saturated heterocycles. The summed E-state index contributed by atoms with van der Waals surface area (Å²) in [6.45, 7) is 7.44. The number of hydrogen-bond donors (Lipinski definition) is 1. The quantitative estimate of drug-likeness (QED) is 0.870. The van der Waals surface area contributed by atoms with Crippen LogP contribution in [0.2, 0.25) is 0 Å². The molecule has 6 heteroatoms. The second-order valence-electron chi connectivity index (χ2n) is 4.70. The zero-order valence-electron chi connectivity index (χ0n) is 11.3. The molecule has 0 aromatic carbocycles. The second-order valence-corrected chi connectivity index (χ2v) is 4.70. The van der Waals surface area contributed by atoms with Crippen LogP contribution < -0.4 is 5.32 Å². The van der Waals surface area contributed by atoms with Crippen LogP contribution in [0.15, 0.2) is 10.7 Å². The highest BCUT2D eigenvalue weighted by atomic mass is 16.5. The Morgan fingerprint density at radius 1 is 1.39 bits per heavy atom. The fourth-order valence-electron chi connectivity index (χ4n) is 1.90. The molecule has 18 heavy (non-hydrogen) atoms. The summed E-state index contributed by atoms with van der Waals surface area (Å²) in [5.41, 5.74) is 2.35. The number of nitrogens with one attached hydrogen (secondary N) is 1. The summed E-state index contributed by atoms with van der Waals surface area (Å²) in [7, 11) is 1.94. The smallest absolute Gasteiger partial charge is 0.223 e. The van der Waals surface area contributed by atoms with Crippen molar-refractivity contribution >= 4 is 0 Å². The van der Waals surface area contributed by atoms with E-state index >= 15 is 0 Å². The van der Waals surface area contributed by atoms with Crippen molar-refractivity contribution in [2.75, 3.05) is 0 Å². The van der Waals surface area contributed by atoms with Gasteiger partial charge in [-0.1, -0.05) is 19.0 Å². The first kappa shape index (κ1) is 12.8. The molecule has 0 bridgehead atoms. The number of rotatable bonds is 5. The Morgan fingerprint density at radius 2 is 2.17 bits per heavy atom. The maximum absolute atomic E-state index is 4.92. The van der Waals surface area contributed by atoms with Crippen molar-refractivity contribution in [1.29, 1.82) is 0 Å². The van der Waals surface area contributed by atoms with Crippen LogP contribution >= 0.6 is 0 Å². The van der Waals surface area contributed by atoms with E-state index in [-0.39, 0.29) is 0 Å². The van der Waals surface area contributed by atoms with Crippen LogP contribution in [0.25, 0.3) is 0 Å². The predicted molar refractivity (Wildman–Crippen MR) is 66.9 cm³/mol. The average molecular weight is 249 g/mol. The van der Waals surface area contributed by atoms with Crippen LogP contribution in [-0.2, 0) is 20.1 Å². The third-order valence-electron chi connectivity index (χ3n) is 2.65. The number of aromatic nitrogens is 4. The largest absolute Gasteiger partial charge is 0.340 e. The Hall–Kier alpha value is -1.69. The summed E-state index contributed by atoms with van der Waals surface area (Å²) in [5, 5.41) is 11.6. The highest BCUT2D eigenvalue weighted by Crippen LogP contribution is 2.16. The van der Waals surface area contributed by atoms with Gasteiger partial charge in [0.2, 0.25) is 5.89 Å². The molecule has 0 aliphatic carbocycles. The van der Waals surface area contributed by atoms with Gasteiger partial charge in [0.05, 0.1) is 12.2 Å². The molecule has 98 valence electrons. The van der Waals surface area contributed by atoms with Crippen molar-refractivity contribution < 1.29 is 4.52 Å². The van der Waals surface area contributed by atoms with Crippen molar-refractivity contribution in [3.63, 3.8) is 0 Å². The number of hydrogen-bond acceptors (Lipinski definition) is 5. The van der Waals surface area contributed by atoms with Gasteiger partial charge in [-0.25, -0.2) is 0 Å². The average Bonchev–Trinajstić information content (AvgIpc) is 2.85. The molecule has 2 heterocycles. The van der Waals surface area contributed by atoms with E-state index < -0.39 is 0 Å². The van der Waals surface area contributed by atoms with Crippen molar-refractivity contribution in [3.8, 4) is 0 Å². The Bertz CT molecular complexity index is 514. The van der Waals surface area contributed by atoms with E-state index in [1.807, 2.05) is 17.9 Å². The van der Waals surface area contributed by atoms with Crippen LogP contribution in [0.5, 0.6) is 0 Å². The van der Waals surface area contributed by atoms with Crippen LogP contribution in [0.3, 0.4) is 0 Å². The molecular weight excluding hydrogens is 230 g/mol. The van der Waals surface area contributed by atoms with E-state index in [9.17, 15) is 0 Å². The fraction of sp³-hybridized carbons (Fsp3) is 0.583. The highest BCUT2D eigenvalue weighted by Gasteiger charge is 2.11. The molecule has 0 radical (unpaired) electrons. The summed E-state index contributed by atoms with van der Waals surface area (Å²) in [6.07, 6.45) is 2.05. The topological polar surface area (TPSA) is 68.8 Å². The normalized spacial score (nSPS) is 11.4. The molecule has 0 fully saturated rings. The summed E-state index contributed by atoms with van der Waals surface area (Å²) in [5.74, 6) is 1.70. The van der Waals surface area contributed by atoms with Gasteiger partial charge in [0.1, 0.15) is 0 Å². The minimum Gasteiger partial charge on any atom is -0.340 e. The lowest BCUT2D eigenvalue weighted by Gasteiger charge is -2.05. The molecule has 0 unspecified atom stereocenters. The van der Waals surface area contributed by atoms with E-state index in [0.29, 0.717) is 24.2 Å². The molecule has 0 amide bonds. The second kappa shape index (κ2) is 5.30. The zero-order valence-corrected chi connectivity index (χ0v) is 11.3. The summed E-state index contributed by atoms with van der Waals surface area (Å²) in [6, 6.07) is 0. The molecule has 2 rings (SSSR count). The Kier molecular flexibility index (Phi) is 3.76. The van der Waals surface area contributed by atoms with E-state index in [1.165, 1.54) is 5.56 Å². The lowest BCUT2D eigenvalue weighted by atomic mass is 10.1. The first-order valence-electron chi connectivity index (χ1n) is 6.08. The minimum absolute atomic E-state index is 0.426. The van der Waals surface area contributed by atoms with Crippen molar-refractivity contribution in [3.05, 3.63) is 29.2 Å². The van der Waals surface area contributed by atoms with Gasteiger partial charge in [-0.3, -0.25) is 4.68 Å². The predicted octanol–water partition coefficient (Wildman–Crippen LogP) is 1.52. The van der Waals surface area contributed by atoms with Gasteiger partial charge in [0, 0.05) is 32.3 Å². The van der Waals surface area contributed by atoms with Crippen LogP contribution in [-0.4, -0.2) is 19.9 Å². The van der Waals surface area contributed by atoms with Gasteiger partial charge in [0.15, 0.2) is 5.82 Å².